The maximum absolute atomic E-state index is 12.3. The molecule has 0 spiro atoms. The highest BCUT2D eigenvalue weighted by molar-refractivity contribution is 5.76. The molecule has 2 saturated heterocycles. The third-order valence-corrected chi connectivity index (χ3v) is 4.84. The number of nitrogens with zero attached hydrogens (tertiary/aromatic N) is 1. The number of likely N-dealkylation sites (tertiary alicyclic amines) is 1. The molecule has 2 heterocycles. The molecule has 0 bridgehead atoms. The van der Waals surface area contributed by atoms with E-state index in [1.54, 1.807) is 0 Å². The molecule has 2 aliphatic heterocycles. The Kier molecular flexibility index (Phi) is 6.41. The predicted octanol–water partition coefficient (Wildman–Crippen LogP) is 2.23. The second-order valence-electron chi connectivity index (χ2n) is 6.69. The molecule has 1 aromatic carbocycles. The van der Waals surface area contributed by atoms with Gasteiger partial charge in [-0.05, 0) is 31.2 Å². The van der Waals surface area contributed by atoms with Gasteiger partial charge in [-0.25, -0.2) is 10.9 Å². The minimum absolute atomic E-state index is 0.324. The number of rotatable bonds is 6. The fourth-order valence-corrected chi connectivity index (χ4v) is 3.35. The van der Waals surface area contributed by atoms with Gasteiger partial charge in [-0.2, -0.15) is 5.53 Å². The lowest BCUT2D eigenvalue weighted by Gasteiger charge is -2.28. The van der Waals surface area contributed by atoms with Crippen LogP contribution in [0, 0.1) is 0 Å². The van der Waals surface area contributed by atoms with Crippen LogP contribution in [0.15, 0.2) is 35.9 Å². The molecule has 5 nitrogen and oxygen atoms in total. The van der Waals surface area contributed by atoms with Crippen molar-refractivity contribution >= 4 is 12.0 Å². The van der Waals surface area contributed by atoms with Crippen molar-refractivity contribution in [2.45, 2.75) is 44.6 Å². The molecule has 1 atom stereocenters. The van der Waals surface area contributed by atoms with Crippen molar-refractivity contribution < 1.29 is 4.79 Å². The SMILES string of the molecule is O=C(CCCCC1CNNN1)N1CCC(=Cc2ccccc2)CC1. The van der Waals surface area contributed by atoms with Gasteiger partial charge in [0.15, 0.2) is 0 Å². The molecule has 0 aromatic heterocycles. The first kappa shape index (κ1) is 17.1. The summed E-state index contributed by atoms with van der Waals surface area (Å²) in [4.78, 5) is 14.4. The number of benzene rings is 1. The van der Waals surface area contributed by atoms with Crippen LogP contribution in [-0.4, -0.2) is 36.5 Å². The first-order chi connectivity index (χ1) is 11.8. The Labute approximate surface area is 144 Å². The summed E-state index contributed by atoms with van der Waals surface area (Å²) in [5.41, 5.74) is 11.9. The Morgan fingerprint density at radius 3 is 2.67 bits per heavy atom. The number of nitrogens with one attached hydrogen (secondary N) is 3. The van der Waals surface area contributed by atoms with Crippen LogP contribution in [0.1, 0.15) is 44.1 Å². The van der Waals surface area contributed by atoms with Crippen LogP contribution < -0.4 is 16.4 Å². The van der Waals surface area contributed by atoms with E-state index in [-0.39, 0.29) is 0 Å². The third kappa shape index (κ3) is 5.16. The zero-order chi connectivity index (χ0) is 16.6. The van der Waals surface area contributed by atoms with E-state index in [2.05, 4.69) is 46.7 Å². The molecule has 0 radical (unpaired) electrons. The number of amides is 1. The zero-order valence-corrected chi connectivity index (χ0v) is 14.3. The summed E-state index contributed by atoms with van der Waals surface area (Å²) >= 11 is 0. The molecule has 5 heteroatoms. The van der Waals surface area contributed by atoms with Gasteiger partial charge in [0, 0.05) is 32.1 Å². The Balaban J connectivity index is 1.35. The molecule has 1 unspecified atom stereocenters. The van der Waals surface area contributed by atoms with Gasteiger partial charge in [0.2, 0.25) is 5.91 Å². The summed E-state index contributed by atoms with van der Waals surface area (Å²) in [6, 6.07) is 10.9. The lowest BCUT2D eigenvalue weighted by Crippen LogP contribution is -2.36. The number of hydrogen-bond donors (Lipinski definition) is 3. The summed E-state index contributed by atoms with van der Waals surface area (Å²) in [5.74, 6) is 0.324. The van der Waals surface area contributed by atoms with Gasteiger partial charge in [-0.15, -0.1) is 0 Å². The standard InChI is InChI=1S/C19H28N4O/c24-19(9-5-4-8-18-15-20-22-21-18)23-12-10-17(11-13-23)14-16-6-2-1-3-7-16/h1-3,6-7,14,18,20-22H,4-5,8-13,15H2. The number of carbonyl (C=O) groups excluding carboxylic acids is 1. The molecule has 2 aliphatic rings. The summed E-state index contributed by atoms with van der Waals surface area (Å²) < 4.78 is 0. The van der Waals surface area contributed by atoms with Gasteiger partial charge in [0.1, 0.15) is 0 Å². The highest BCUT2D eigenvalue weighted by Crippen LogP contribution is 2.20. The van der Waals surface area contributed by atoms with E-state index >= 15 is 0 Å². The van der Waals surface area contributed by atoms with E-state index in [1.165, 1.54) is 11.1 Å². The van der Waals surface area contributed by atoms with E-state index in [0.717, 1.165) is 51.7 Å². The largest absolute Gasteiger partial charge is 0.342 e. The highest BCUT2D eigenvalue weighted by Gasteiger charge is 2.19. The van der Waals surface area contributed by atoms with Crippen LogP contribution in [0.5, 0.6) is 0 Å². The van der Waals surface area contributed by atoms with E-state index in [0.29, 0.717) is 18.4 Å². The average Bonchev–Trinajstić information content (AvgIpc) is 3.13. The summed E-state index contributed by atoms with van der Waals surface area (Å²) in [7, 11) is 0. The Morgan fingerprint density at radius 2 is 1.96 bits per heavy atom. The minimum atomic E-state index is 0.324. The fourth-order valence-electron chi connectivity index (χ4n) is 3.35. The summed E-state index contributed by atoms with van der Waals surface area (Å²) in [6.07, 6.45) is 8.16. The molecule has 1 aromatic rings. The Morgan fingerprint density at radius 1 is 1.17 bits per heavy atom. The van der Waals surface area contributed by atoms with Gasteiger partial charge in [0.25, 0.3) is 0 Å². The van der Waals surface area contributed by atoms with Crippen molar-refractivity contribution in [1.82, 2.24) is 21.3 Å². The lowest BCUT2D eigenvalue weighted by molar-refractivity contribution is -0.131. The van der Waals surface area contributed by atoms with E-state index in [1.807, 2.05) is 11.0 Å². The second-order valence-corrected chi connectivity index (χ2v) is 6.69. The Hall–Kier alpha value is -1.69. The number of unbranched alkanes of at least 4 members (excludes halogenated alkanes) is 1. The van der Waals surface area contributed by atoms with E-state index < -0.39 is 0 Å². The van der Waals surface area contributed by atoms with Crippen LogP contribution in [-0.2, 0) is 4.79 Å². The van der Waals surface area contributed by atoms with Crippen molar-refractivity contribution in [3.05, 3.63) is 41.5 Å². The van der Waals surface area contributed by atoms with Crippen molar-refractivity contribution in [3.8, 4) is 0 Å². The molecule has 3 N–H and O–H groups in total. The zero-order valence-electron chi connectivity index (χ0n) is 14.3. The molecule has 0 saturated carbocycles. The smallest absolute Gasteiger partial charge is 0.222 e. The lowest BCUT2D eigenvalue weighted by atomic mass is 10.0. The molecular weight excluding hydrogens is 300 g/mol. The van der Waals surface area contributed by atoms with Crippen molar-refractivity contribution in [1.29, 1.82) is 0 Å². The number of carbonyl (C=O) groups is 1. The molecular formula is C19H28N4O. The first-order valence-corrected chi connectivity index (χ1v) is 9.07. The molecule has 3 rings (SSSR count). The maximum Gasteiger partial charge on any atom is 0.222 e. The summed E-state index contributed by atoms with van der Waals surface area (Å²) in [5, 5.41) is 0. The van der Waals surface area contributed by atoms with E-state index in [9.17, 15) is 4.79 Å². The van der Waals surface area contributed by atoms with Crippen LogP contribution in [0.25, 0.3) is 6.08 Å². The van der Waals surface area contributed by atoms with Gasteiger partial charge in [-0.1, -0.05) is 48.4 Å². The van der Waals surface area contributed by atoms with E-state index in [4.69, 9.17) is 0 Å². The average molecular weight is 328 g/mol. The van der Waals surface area contributed by atoms with Crippen LogP contribution in [0.4, 0.5) is 0 Å². The van der Waals surface area contributed by atoms with Gasteiger partial charge < -0.3 is 4.90 Å². The van der Waals surface area contributed by atoms with Crippen LogP contribution >= 0.6 is 0 Å². The topological polar surface area (TPSA) is 56.4 Å². The fraction of sp³-hybridized carbons (Fsp3) is 0.526. The third-order valence-electron chi connectivity index (χ3n) is 4.84. The van der Waals surface area contributed by atoms with Crippen molar-refractivity contribution in [3.63, 3.8) is 0 Å². The molecule has 130 valence electrons. The Bertz CT molecular complexity index is 542. The van der Waals surface area contributed by atoms with Gasteiger partial charge in [0.05, 0.1) is 0 Å². The second kappa shape index (κ2) is 8.97. The van der Waals surface area contributed by atoms with Crippen LogP contribution in [0.3, 0.4) is 0 Å². The first-order valence-electron chi connectivity index (χ1n) is 9.07. The monoisotopic (exact) mass is 328 g/mol. The minimum Gasteiger partial charge on any atom is -0.342 e. The number of hydrazine groups is 2. The van der Waals surface area contributed by atoms with Gasteiger partial charge >= 0.3 is 0 Å². The number of hydrogen-bond acceptors (Lipinski definition) is 4. The van der Waals surface area contributed by atoms with Gasteiger partial charge in [-0.3, -0.25) is 4.79 Å². The maximum atomic E-state index is 12.3. The number of piperidine rings is 1. The normalized spacial score (nSPS) is 21.1. The van der Waals surface area contributed by atoms with Crippen molar-refractivity contribution in [2.75, 3.05) is 19.6 Å². The quantitative estimate of drug-likeness (QED) is 0.701. The summed E-state index contributed by atoms with van der Waals surface area (Å²) in [6.45, 7) is 2.70. The van der Waals surface area contributed by atoms with Crippen LogP contribution in [0.2, 0.25) is 0 Å². The highest BCUT2D eigenvalue weighted by atomic mass is 16.2. The van der Waals surface area contributed by atoms with Crippen molar-refractivity contribution in [2.24, 2.45) is 0 Å². The molecule has 0 aliphatic carbocycles. The molecule has 1 amide bonds. The molecule has 24 heavy (non-hydrogen) atoms. The predicted molar refractivity (Wildman–Crippen MR) is 96.8 cm³/mol. The molecule has 2 fully saturated rings.